The number of rotatable bonds is 7. The van der Waals surface area contributed by atoms with E-state index in [-0.39, 0.29) is 30.7 Å². The van der Waals surface area contributed by atoms with Gasteiger partial charge in [-0.15, -0.1) is 0 Å². The number of nitrogens with zero attached hydrogens (tertiary/aromatic N) is 3. The van der Waals surface area contributed by atoms with Crippen molar-refractivity contribution >= 4 is 15.9 Å². The minimum atomic E-state index is -3.32. The van der Waals surface area contributed by atoms with E-state index in [4.69, 9.17) is 4.42 Å². The first-order valence-electron chi connectivity index (χ1n) is 8.29. The Kier molecular flexibility index (Phi) is 5.24. The van der Waals surface area contributed by atoms with Crippen molar-refractivity contribution < 1.29 is 17.6 Å². The van der Waals surface area contributed by atoms with Crippen LogP contribution in [0.15, 0.2) is 35.1 Å². The Morgan fingerprint density at radius 2 is 2.28 bits per heavy atom. The third-order valence-corrected chi connectivity index (χ3v) is 6.16. The van der Waals surface area contributed by atoms with Crippen LogP contribution in [0.5, 0.6) is 0 Å². The molecule has 9 heteroatoms. The molecule has 0 unspecified atom stereocenters. The summed E-state index contributed by atoms with van der Waals surface area (Å²) in [4.78, 5) is 12.3. The second-order valence-corrected chi connectivity index (χ2v) is 8.18. The Hall–Kier alpha value is -2.13. The van der Waals surface area contributed by atoms with Gasteiger partial charge in [0.2, 0.25) is 15.9 Å². The van der Waals surface area contributed by atoms with Gasteiger partial charge in [0.05, 0.1) is 43.3 Å². The number of sulfonamides is 1. The highest BCUT2D eigenvalue weighted by atomic mass is 32.2. The van der Waals surface area contributed by atoms with Crippen molar-refractivity contribution in [3.8, 4) is 0 Å². The molecule has 0 fully saturated rings. The van der Waals surface area contributed by atoms with Gasteiger partial charge in [0.15, 0.2) is 0 Å². The van der Waals surface area contributed by atoms with E-state index >= 15 is 0 Å². The van der Waals surface area contributed by atoms with Crippen LogP contribution in [0.1, 0.15) is 37.3 Å². The van der Waals surface area contributed by atoms with Crippen LogP contribution in [0.2, 0.25) is 0 Å². The number of fused-ring (bicyclic) bond motifs is 1. The van der Waals surface area contributed by atoms with Crippen LogP contribution in [0.25, 0.3) is 0 Å². The standard InChI is InChI=1S/C16H22N4O4S/c1-2-8-25(22,23)19-11-13-5-6-18-20(13)14(12-19)9-16(21)17-10-15-4-3-7-24-15/h3-7,14H,2,8-12H2,1H3,(H,17,21)/t14-/m1/s1. The van der Waals surface area contributed by atoms with E-state index in [0.717, 1.165) is 5.69 Å². The van der Waals surface area contributed by atoms with Crippen LogP contribution < -0.4 is 5.32 Å². The van der Waals surface area contributed by atoms with Crippen LogP contribution in [-0.4, -0.2) is 40.7 Å². The Labute approximate surface area is 146 Å². The molecule has 0 radical (unpaired) electrons. The van der Waals surface area contributed by atoms with E-state index in [0.29, 0.717) is 25.3 Å². The van der Waals surface area contributed by atoms with Crippen LogP contribution in [0.3, 0.4) is 0 Å². The highest BCUT2D eigenvalue weighted by molar-refractivity contribution is 7.89. The fraction of sp³-hybridized carbons (Fsp3) is 0.500. The summed E-state index contributed by atoms with van der Waals surface area (Å²) in [6, 6.07) is 5.02. The van der Waals surface area contributed by atoms with Crippen LogP contribution in [0, 0.1) is 0 Å². The Morgan fingerprint density at radius 1 is 1.44 bits per heavy atom. The zero-order valence-corrected chi connectivity index (χ0v) is 14.9. The molecule has 25 heavy (non-hydrogen) atoms. The number of carbonyl (C=O) groups excluding carboxylic acids is 1. The highest BCUT2D eigenvalue weighted by Gasteiger charge is 2.33. The van der Waals surface area contributed by atoms with Crippen molar-refractivity contribution in [2.45, 2.75) is 38.9 Å². The molecule has 0 aromatic carbocycles. The fourth-order valence-corrected chi connectivity index (χ4v) is 4.49. The van der Waals surface area contributed by atoms with Gasteiger partial charge in [0, 0.05) is 12.7 Å². The molecule has 0 saturated heterocycles. The molecular formula is C16H22N4O4S. The molecule has 0 saturated carbocycles. The van der Waals surface area contributed by atoms with Crippen LogP contribution in [0.4, 0.5) is 0 Å². The van der Waals surface area contributed by atoms with Crippen molar-refractivity contribution in [1.29, 1.82) is 0 Å². The number of hydrogen-bond acceptors (Lipinski definition) is 5. The van der Waals surface area contributed by atoms with Gasteiger partial charge in [-0.1, -0.05) is 6.92 Å². The zero-order valence-electron chi connectivity index (χ0n) is 14.1. The predicted octanol–water partition coefficient (Wildman–Crippen LogP) is 1.28. The maximum absolute atomic E-state index is 12.4. The largest absolute Gasteiger partial charge is 0.467 e. The van der Waals surface area contributed by atoms with E-state index in [1.165, 1.54) is 4.31 Å². The molecular weight excluding hydrogens is 344 g/mol. The molecule has 1 amide bonds. The number of amides is 1. The normalized spacial score (nSPS) is 18.0. The fourth-order valence-electron chi connectivity index (χ4n) is 2.99. The van der Waals surface area contributed by atoms with E-state index in [1.807, 2.05) is 6.92 Å². The Morgan fingerprint density at radius 3 is 3.00 bits per heavy atom. The lowest BCUT2D eigenvalue weighted by Gasteiger charge is -2.32. The minimum Gasteiger partial charge on any atom is -0.467 e. The predicted molar refractivity (Wildman–Crippen MR) is 90.9 cm³/mol. The smallest absolute Gasteiger partial charge is 0.222 e. The molecule has 0 aliphatic carbocycles. The number of aromatic nitrogens is 2. The van der Waals surface area contributed by atoms with Gasteiger partial charge in [-0.25, -0.2) is 8.42 Å². The summed E-state index contributed by atoms with van der Waals surface area (Å²) < 4.78 is 33.2. The number of nitrogens with one attached hydrogen (secondary N) is 1. The summed E-state index contributed by atoms with van der Waals surface area (Å²) >= 11 is 0. The molecule has 1 atom stereocenters. The van der Waals surface area contributed by atoms with Gasteiger partial charge in [-0.2, -0.15) is 9.40 Å². The van der Waals surface area contributed by atoms with Crippen molar-refractivity contribution in [2.24, 2.45) is 0 Å². The van der Waals surface area contributed by atoms with E-state index in [1.54, 1.807) is 35.3 Å². The average Bonchev–Trinajstić information content (AvgIpc) is 3.24. The molecule has 1 N–H and O–H groups in total. The Balaban J connectivity index is 1.68. The van der Waals surface area contributed by atoms with Gasteiger partial charge < -0.3 is 9.73 Å². The maximum atomic E-state index is 12.4. The van der Waals surface area contributed by atoms with Crippen molar-refractivity contribution in [2.75, 3.05) is 12.3 Å². The third-order valence-electron chi connectivity index (χ3n) is 4.17. The first-order chi connectivity index (χ1) is 12.0. The molecule has 2 aromatic rings. The van der Waals surface area contributed by atoms with E-state index in [9.17, 15) is 13.2 Å². The van der Waals surface area contributed by atoms with E-state index < -0.39 is 10.0 Å². The van der Waals surface area contributed by atoms with Gasteiger partial charge in [-0.3, -0.25) is 9.48 Å². The quantitative estimate of drug-likeness (QED) is 0.796. The molecule has 2 aromatic heterocycles. The van der Waals surface area contributed by atoms with Gasteiger partial charge in [0.1, 0.15) is 5.76 Å². The summed E-state index contributed by atoms with van der Waals surface area (Å²) in [5.41, 5.74) is 0.801. The third kappa shape index (κ3) is 4.10. The second-order valence-electron chi connectivity index (χ2n) is 6.09. The van der Waals surface area contributed by atoms with Crippen molar-refractivity contribution in [3.05, 3.63) is 42.1 Å². The summed E-state index contributed by atoms with van der Waals surface area (Å²) in [5.74, 6) is 0.611. The summed E-state index contributed by atoms with van der Waals surface area (Å²) in [7, 11) is -3.32. The molecule has 0 bridgehead atoms. The summed E-state index contributed by atoms with van der Waals surface area (Å²) in [6.07, 6.45) is 3.91. The van der Waals surface area contributed by atoms with E-state index in [2.05, 4.69) is 10.4 Å². The summed E-state index contributed by atoms with van der Waals surface area (Å²) in [6.45, 7) is 2.70. The van der Waals surface area contributed by atoms with Crippen LogP contribution in [-0.2, 0) is 27.9 Å². The molecule has 136 valence electrons. The summed E-state index contributed by atoms with van der Waals surface area (Å²) in [5, 5.41) is 7.05. The lowest BCUT2D eigenvalue weighted by Crippen LogP contribution is -2.43. The number of furan rings is 1. The first-order valence-corrected chi connectivity index (χ1v) is 9.90. The molecule has 3 heterocycles. The lowest BCUT2D eigenvalue weighted by atomic mass is 10.1. The van der Waals surface area contributed by atoms with Gasteiger partial charge in [0.25, 0.3) is 0 Å². The monoisotopic (exact) mass is 366 g/mol. The highest BCUT2D eigenvalue weighted by Crippen LogP contribution is 2.25. The molecule has 1 aliphatic heterocycles. The molecule has 0 spiro atoms. The van der Waals surface area contributed by atoms with Gasteiger partial charge in [-0.05, 0) is 24.6 Å². The molecule has 3 rings (SSSR count). The van der Waals surface area contributed by atoms with Crippen molar-refractivity contribution in [3.63, 3.8) is 0 Å². The topological polar surface area (TPSA) is 97.4 Å². The Bertz CT molecular complexity index is 813. The zero-order chi connectivity index (χ0) is 17.9. The lowest BCUT2D eigenvalue weighted by molar-refractivity contribution is -0.122. The number of carbonyl (C=O) groups is 1. The number of hydrogen-bond donors (Lipinski definition) is 1. The second kappa shape index (κ2) is 7.40. The minimum absolute atomic E-state index is 0.110. The maximum Gasteiger partial charge on any atom is 0.222 e. The van der Waals surface area contributed by atoms with Crippen LogP contribution >= 0.6 is 0 Å². The molecule has 8 nitrogen and oxygen atoms in total. The molecule has 1 aliphatic rings. The van der Waals surface area contributed by atoms with Gasteiger partial charge >= 0.3 is 0 Å². The van der Waals surface area contributed by atoms with Crippen molar-refractivity contribution in [1.82, 2.24) is 19.4 Å². The average molecular weight is 366 g/mol. The SMILES string of the molecule is CCCS(=O)(=O)N1Cc2ccnn2[C@H](CC(=O)NCc2ccco2)C1. The first kappa shape index (κ1) is 17.7.